The van der Waals surface area contributed by atoms with Gasteiger partial charge in [-0.25, -0.2) is 12.7 Å². The summed E-state index contributed by atoms with van der Waals surface area (Å²) in [5, 5.41) is 0. The monoisotopic (exact) mass is 274 g/mol. The number of hydrogen-bond acceptors (Lipinski definition) is 3. The van der Waals surface area contributed by atoms with Gasteiger partial charge in [-0.3, -0.25) is 0 Å². The zero-order chi connectivity index (χ0) is 13.2. The van der Waals surface area contributed by atoms with Gasteiger partial charge >= 0.3 is 0 Å². The molecule has 0 aromatic heterocycles. The Balaban J connectivity index is 1.89. The summed E-state index contributed by atoms with van der Waals surface area (Å²) in [5.41, 5.74) is 6.18. The predicted octanol–water partition coefficient (Wildman–Crippen LogP) is 1.57. The summed E-state index contributed by atoms with van der Waals surface area (Å²) in [7, 11) is -3.01. The van der Waals surface area contributed by atoms with Crippen molar-refractivity contribution < 1.29 is 8.42 Å². The van der Waals surface area contributed by atoms with Crippen molar-refractivity contribution in [3.05, 3.63) is 0 Å². The van der Waals surface area contributed by atoms with Gasteiger partial charge in [-0.1, -0.05) is 12.8 Å². The fourth-order valence-corrected chi connectivity index (χ4v) is 4.42. The van der Waals surface area contributed by atoms with Crippen molar-refractivity contribution in [2.75, 3.05) is 19.3 Å². The number of nitrogens with zero attached hydrogens (tertiary/aromatic N) is 1. The quantitative estimate of drug-likeness (QED) is 0.849. The van der Waals surface area contributed by atoms with Gasteiger partial charge in [0, 0.05) is 19.1 Å². The Hall–Kier alpha value is -0.130. The van der Waals surface area contributed by atoms with E-state index in [9.17, 15) is 8.42 Å². The summed E-state index contributed by atoms with van der Waals surface area (Å²) in [6, 6.07) is 0.340. The molecule has 2 fully saturated rings. The summed E-state index contributed by atoms with van der Waals surface area (Å²) >= 11 is 0. The second-order valence-electron chi connectivity index (χ2n) is 6.07. The van der Waals surface area contributed by atoms with Crippen LogP contribution in [0.3, 0.4) is 0 Å². The first-order valence-electron chi connectivity index (χ1n) is 7.17. The van der Waals surface area contributed by atoms with Crippen molar-refractivity contribution in [3.63, 3.8) is 0 Å². The lowest BCUT2D eigenvalue weighted by Gasteiger charge is -2.36. The highest BCUT2D eigenvalue weighted by molar-refractivity contribution is 7.88. The number of sulfonamides is 1. The molecule has 1 aliphatic carbocycles. The van der Waals surface area contributed by atoms with Gasteiger partial charge in [0.2, 0.25) is 10.0 Å². The summed E-state index contributed by atoms with van der Waals surface area (Å²) in [6.45, 7) is 1.41. The Morgan fingerprint density at radius 1 is 1.17 bits per heavy atom. The first-order valence-corrected chi connectivity index (χ1v) is 9.02. The number of piperidine rings is 1. The molecule has 0 spiro atoms. The zero-order valence-electron chi connectivity index (χ0n) is 11.3. The van der Waals surface area contributed by atoms with Gasteiger partial charge in [0.1, 0.15) is 0 Å². The largest absolute Gasteiger partial charge is 0.327 e. The molecule has 1 saturated carbocycles. The molecule has 3 unspecified atom stereocenters. The summed E-state index contributed by atoms with van der Waals surface area (Å²) in [5.74, 6) is 1.13. The minimum Gasteiger partial charge on any atom is -0.327 e. The zero-order valence-corrected chi connectivity index (χ0v) is 12.2. The van der Waals surface area contributed by atoms with Crippen LogP contribution in [-0.2, 0) is 10.0 Å². The molecule has 0 aromatic rings. The maximum Gasteiger partial charge on any atom is 0.211 e. The minimum absolute atomic E-state index is 0.340. The number of hydrogen-bond donors (Lipinski definition) is 1. The highest BCUT2D eigenvalue weighted by atomic mass is 32.2. The lowest BCUT2D eigenvalue weighted by atomic mass is 9.78. The Labute approximate surface area is 111 Å². The minimum atomic E-state index is -3.01. The van der Waals surface area contributed by atoms with Gasteiger partial charge in [0.15, 0.2) is 0 Å². The third-order valence-corrected chi connectivity index (χ3v) is 5.82. The molecule has 2 aliphatic rings. The summed E-state index contributed by atoms with van der Waals surface area (Å²) in [6.07, 6.45) is 9.53. The van der Waals surface area contributed by atoms with E-state index in [2.05, 4.69) is 0 Å². The molecule has 0 aromatic carbocycles. The van der Waals surface area contributed by atoms with E-state index >= 15 is 0 Å². The molecule has 3 atom stereocenters. The molecule has 5 heteroatoms. The molecule has 0 radical (unpaired) electrons. The average Bonchev–Trinajstić information content (AvgIpc) is 2.31. The van der Waals surface area contributed by atoms with Crippen LogP contribution in [0, 0.1) is 11.8 Å². The van der Waals surface area contributed by atoms with E-state index in [1.54, 1.807) is 4.31 Å². The van der Waals surface area contributed by atoms with Crippen molar-refractivity contribution in [2.45, 2.75) is 51.0 Å². The van der Waals surface area contributed by atoms with Gasteiger partial charge in [-0.2, -0.15) is 0 Å². The summed E-state index contributed by atoms with van der Waals surface area (Å²) in [4.78, 5) is 0. The van der Waals surface area contributed by atoms with Gasteiger partial charge in [-0.05, 0) is 43.9 Å². The molecular formula is C13H26N2O2S. The van der Waals surface area contributed by atoms with Crippen LogP contribution < -0.4 is 5.73 Å². The normalized spacial score (nSPS) is 35.6. The highest BCUT2D eigenvalue weighted by Gasteiger charge is 2.30. The highest BCUT2D eigenvalue weighted by Crippen LogP contribution is 2.32. The maximum absolute atomic E-state index is 11.6. The second kappa shape index (κ2) is 5.88. The van der Waals surface area contributed by atoms with E-state index < -0.39 is 10.0 Å². The second-order valence-corrected chi connectivity index (χ2v) is 8.06. The Bertz CT molecular complexity index is 369. The number of nitrogens with two attached hydrogens (primary N) is 1. The fraction of sp³-hybridized carbons (Fsp3) is 1.00. The van der Waals surface area contributed by atoms with Crippen LogP contribution in [-0.4, -0.2) is 38.1 Å². The molecule has 2 rings (SSSR count). The third-order valence-electron chi connectivity index (χ3n) is 4.55. The lowest BCUT2D eigenvalue weighted by Crippen LogP contribution is -2.41. The Morgan fingerprint density at radius 3 is 2.56 bits per heavy atom. The average molecular weight is 274 g/mol. The van der Waals surface area contributed by atoms with E-state index in [1.165, 1.54) is 25.5 Å². The predicted molar refractivity (Wildman–Crippen MR) is 73.7 cm³/mol. The van der Waals surface area contributed by atoms with Gasteiger partial charge in [0.25, 0.3) is 0 Å². The van der Waals surface area contributed by atoms with Gasteiger partial charge in [0.05, 0.1) is 6.26 Å². The molecule has 0 bridgehead atoms. The molecule has 1 saturated heterocycles. The molecular weight excluding hydrogens is 248 g/mol. The smallest absolute Gasteiger partial charge is 0.211 e. The van der Waals surface area contributed by atoms with Crippen molar-refractivity contribution in [2.24, 2.45) is 17.6 Å². The van der Waals surface area contributed by atoms with Crippen LogP contribution in [0.4, 0.5) is 0 Å². The molecule has 0 amide bonds. The van der Waals surface area contributed by atoms with Crippen LogP contribution in [0.1, 0.15) is 44.9 Å². The Morgan fingerprint density at radius 2 is 1.89 bits per heavy atom. The van der Waals surface area contributed by atoms with Gasteiger partial charge in [-0.15, -0.1) is 0 Å². The number of rotatable bonds is 3. The van der Waals surface area contributed by atoms with Crippen LogP contribution in [0.5, 0.6) is 0 Å². The first kappa shape index (κ1) is 14.3. The molecule has 18 heavy (non-hydrogen) atoms. The molecule has 2 N–H and O–H groups in total. The molecule has 1 heterocycles. The Kier molecular flexibility index (Phi) is 4.67. The van der Waals surface area contributed by atoms with E-state index in [1.807, 2.05) is 0 Å². The van der Waals surface area contributed by atoms with Crippen molar-refractivity contribution >= 4 is 10.0 Å². The van der Waals surface area contributed by atoms with Crippen molar-refractivity contribution in [1.82, 2.24) is 4.31 Å². The SMILES string of the molecule is CS(=O)(=O)N1CCCC(CC2CCCCC2N)C1. The van der Waals surface area contributed by atoms with Crippen LogP contribution in [0.25, 0.3) is 0 Å². The van der Waals surface area contributed by atoms with Crippen LogP contribution in [0.15, 0.2) is 0 Å². The fourth-order valence-electron chi connectivity index (χ4n) is 3.48. The lowest BCUT2D eigenvalue weighted by molar-refractivity contribution is 0.194. The van der Waals surface area contributed by atoms with E-state index in [4.69, 9.17) is 5.73 Å². The maximum atomic E-state index is 11.6. The van der Waals surface area contributed by atoms with Crippen LogP contribution >= 0.6 is 0 Å². The van der Waals surface area contributed by atoms with Gasteiger partial charge < -0.3 is 5.73 Å². The van der Waals surface area contributed by atoms with E-state index in [0.29, 0.717) is 31.0 Å². The first-order chi connectivity index (χ1) is 8.47. The molecule has 4 nitrogen and oxygen atoms in total. The third kappa shape index (κ3) is 3.68. The van der Waals surface area contributed by atoms with Crippen LogP contribution in [0.2, 0.25) is 0 Å². The standard InChI is InChI=1S/C13H26N2O2S/c1-18(16,17)15-8-4-5-11(10-15)9-12-6-2-3-7-13(12)14/h11-13H,2-10,14H2,1H3. The molecule has 106 valence electrons. The van der Waals surface area contributed by atoms with Crippen molar-refractivity contribution in [3.8, 4) is 0 Å². The van der Waals surface area contributed by atoms with E-state index in [0.717, 1.165) is 25.7 Å². The van der Waals surface area contributed by atoms with Crippen molar-refractivity contribution in [1.29, 1.82) is 0 Å². The summed E-state index contributed by atoms with van der Waals surface area (Å²) < 4.78 is 24.8. The van der Waals surface area contributed by atoms with E-state index in [-0.39, 0.29) is 0 Å². The molecule has 1 aliphatic heterocycles. The topological polar surface area (TPSA) is 63.4 Å².